The summed E-state index contributed by atoms with van der Waals surface area (Å²) in [6, 6.07) is 0. The Balaban J connectivity index is 1.99. The fraction of sp³-hybridized carbons (Fsp3) is 0.889. The molecule has 0 aromatic carbocycles. The molecule has 1 saturated carbocycles. The van der Waals surface area contributed by atoms with Gasteiger partial charge in [-0.1, -0.05) is 0 Å². The number of amides is 1. The number of halogens is 1. The second-order valence-corrected chi connectivity index (χ2v) is 4.12. The summed E-state index contributed by atoms with van der Waals surface area (Å²) >= 11 is 5.84. The number of nitrogens with one attached hydrogen (secondary N) is 1. The van der Waals surface area contributed by atoms with E-state index in [1.807, 2.05) is 0 Å². The molecule has 1 aliphatic carbocycles. The van der Waals surface area contributed by atoms with Crippen molar-refractivity contribution < 1.29 is 9.53 Å². The zero-order valence-corrected chi connectivity index (χ0v) is 8.64. The van der Waals surface area contributed by atoms with E-state index in [1.54, 1.807) is 7.11 Å². The number of alkyl halides is 1. The number of rotatable bonds is 6. The van der Waals surface area contributed by atoms with E-state index in [9.17, 15) is 4.79 Å². The van der Waals surface area contributed by atoms with Gasteiger partial charge < -0.3 is 10.1 Å². The molecule has 0 heterocycles. The zero-order chi connectivity index (χ0) is 9.68. The Morgan fingerprint density at radius 1 is 1.69 bits per heavy atom. The van der Waals surface area contributed by atoms with Crippen molar-refractivity contribution >= 4 is 17.5 Å². The van der Waals surface area contributed by atoms with Crippen LogP contribution in [-0.2, 0) is 9.53 Å². The Morgan fingerprint density at radius 2 is 2.38 bits per heavy atom. The topological polar surface area (TPSA) is 38.3 Å². The van der Waals surface area contributed by atoms with Crippen LogP contribution in [0.2, 0.25) is 0 Å². The van der Waals surface area contributed by atoms with Crippen molar-refractivity contribution in [1.82, 2.24) is 5.32 Å². The fourth-order valence-corrected chi connectivity index (χ4v) is 1.32. The highest BCUT2D eigenvalue weighted by atomic mass is 35.5. The zero-order valence-electron chi connectivity index (χ0n) is 7.88. The largest absolute Gasteiger partial charge is 0.383 e. The molecule has 1 unspecified atom stereocenters. The van der Waals surface area contributed by atoms with Crippen molar-refractivity contribution in [2.45, 2.75) is 24.6 Å². The van der Waals surface area contributed by atoms with Gasteiger partial charge in [0, 0.05) is 20.1 Å². The van der Waals surface area contributed by atoms with Gasteiger partial charge in [0.05, 0.1) is 12.0 Å². The third kappa shape index (κ3) is 5.11. The third-order valence-corrected chi connectivity index (χ3v) is 2.32. The Morgan fingerprint density at radius 3 is 2.92 bits per heavy atom. The SMILES string of the molecule is COCC(Cl)CNC(=O)CC1CC1. The summed E-state index contributed by atoms with van der Waals surface area (Å²) < 4.78 is 4.85. The normalized spacial score (nSPS) is 18.3. The van der Waals surface area contributed by atoms with Crippen molar-refractivity contribution in [2.24, 2.45) is 5.92 Å². The summed E-state index contributed by atoms with van der Waals surface area (Å²) in [4.78, 5) is 11.2. The van der Waals surface area contributed by atoms with E-state index in [1.165, 1.54) is 12.8 Å². The maximum atomic E-state index is 11.2. The summed E-state index contributed by atoms with van der Waals surface area (Å²) in [5.74, 6) is 0.750. The highest BCUT2D eigenvalue weighted by Crippen LogP contribution is 2.31. The van der Waals surface area contributed by atoms with Crippen LogP contribution in [0.4, 0.5) is 0 Å². The van der Waals surface area contributed by atoms with Crippen molar-refractivity contribution in [2.75, 3.05) is 20.3 Å². The van der Waals surface area contributed by atoms with Gasteiger partial charge in [-0.2, -0.15) is 0 Å². The van der Waals surface area contributed by atoms with Crippen LogP contribution in [0.25, 0.3) is 0 Å². The maximum absolute atomic E-state index is 11.2. The van der Waals surface area contributed by atoms with Gasteiger partial charge in [0.2, 0.25) is 5.91 Å². The van der Waals surface area contributed by atoms with E-state index in [0.717, 1.165) is 0 Å². The van der Waals surface area contributed by atoms with Crippen molar-refractivity contribution in [3.63, 3.8) is 0 Å². The standard InChI is InChI=1S/C9H16ClNO2/c1-13-6-8(10)5-11-9(12)4-7-2-3-7/h7-8H,2-6H2,1H3,(H,11,12). The Hall–Kier alpha value is -0.280. The van der Waals surface area contributed by atoms with Crippen LogP contribution in [0.1, 0.15) is 19.3 Å². The minimum atomic E-state index is -0.117. The van der Waals surface area contributed by atoms with Gasteiger partial charge in [0.25, 0.3) is 0 Å². The summed E-state index contributed by atoms with van der Waals surface area (Å²) in [5, 5.41) is 2.67. The lowest BCUT2D eigenvalue weighted by molar-refractivity contribution is -0.121. The molecule has 1 aliphatic rings. The van der Waals surface area contributed by atoms with Crippen LogP contribution < -0.4 is 5.32 Å². The lowest BCUT2D eigenvalue weighted by Crippen LogP contribution is -2.31. The monoisotopic (exact) mass is 205 g/mol. The van der Waals surface area contributed by atoms with Crippen LogP contribution in [0, 0.1) is 5.92 Å². The first-order valence-corrected chi connectivity index (χ1v) is 5.05. The molecule has 1 atom stereocenters. The van der Waals surface area contributed by atoms with Crippen LogP contribution >= 0.6 is 11.6 Å². The molecule has 13 heavy (non-hydrogen) atoms. The Bertz CT molecular complexity index is 171. The molecule has 0 radical (unpaired) electrons. The summed E-state index contributed by atoms with van der Waals surface area (Å²) in [5.41, 5.74) is 0. The van der Waals surface area contributed by atoms with Crippen LogP contribution in [-0.4, -0.2) is 31.5 Å². The predicted octanol–water partition coefficient (Wildman–Crippen LogP) is 1.16. The van der Waals surface area contributed by atoms with Gasteiger partial charge in [-0.25, -0.2) is 0 Å². The van der Waals surface area contributed by atoms with E-state index in [4.69, 9.17) is 16.3 Å². The molecule has 4 heteroatoms. The Kier molecular flexibility index (Phi) is 4.53. The highest BCUT2D eigenvalue weighted by molar-refractivity contribution is 6.21. The van der Waals surface area contributed by atoms with Crippen molar-refractivity contribution in [3.05, 3.63) is 0 Å². The summed E-state index contributed by atoms with van der Waals surface area (Å²) in [7, 11) is 1.60. The lowest BCUT2D eigenvalue weighted by Gasteiger charge is -2.09. The van der Waals surface area contributed by atoms with Crippen LogP contribution in [0.3, 0.4) is 0 Å². The first-order chi connectivity index (χ1) is 6.22. The minimum Gasteiger partial charge on any atom is -0.383 e. The number of carbonyl (C=O) groups excluding carboxylic acids is 1. The number of ether oxygens (including phenoxy) is 1. The molecule has 0 spiro atoms. The van der Waals surface area contributed by atoms with E-state index >= 15 is 0 Å². The quantitative estimate of drug-likeness (QED) is 0.661. The molecule has 3 nitrogen and oxygen atoms in total. The van der Waals surface area contributed by atoms with E-state index in [-0.39, 0.29) is 11.3 Å². The van der Waals surface area contributed by atoms with Crippen molar-refractivity contribution in [1.29, 1.82) is 0 Å². The van der Waals surface area contributed by atoms with Crippen molar-refractivity contribution in [3.8, 4) is 0 Å². The molecule has 0 saturated heterocycles. The molecule has 1 N–H and O–H groups in total. The molecule has 0 bridgehead atoms. The second kappa shape index (κ2) is 5.45. The first kappa shape index (κ1) is 10.8. The predicted molar refractivity (Wildman–Crippen MR) is 51.9 cm³/mol. The highest BCUT2D eigenvalue weighted by Gasteiger charge is 2.24. The molecule has 0 aromatic heterocycles. The summed E-state index contributed by atoms with van der Waals surface area (Å²) in [6.45, 7) is 0.978. The van der Waals surface area contributed by atoms with Gasteiger partial charge >= 0.3 is 0 Å². The van der Waals surface area contributed by atoms with E-state index < -0.39 is 0 Å². The number of carbonyl (C=O) groups is 1. The fourth-order valence-electron chi connectivity index (χ4n) is 1.12. The minimum absolute atomic E-state index is 0.115. The smallest absolute Gasteiger partial charge is 0.220 e. The molecular formula is C9H16ClNO2. The number of methoxy groups -OCH3 is 1. The average molecular weight is 206 g/mol. The number of hydrogen-bond donors (Lipinski definition) is 1. The van der Waals surface area contributed by atoms with Gasteiger partial charge in [0.1, 0.15) is 0 Å². The third-order valence-electron chi connectivity index (χ3n) is 2.04. The van der Waals surface area contributed by atoms with Gasteiger partial charge in [-0.05, 0) is 18.8 Å². The Labute approximate surface area is 83.8 Å². The molecule has 1 fully saturated rings. The van der Waals surface area contributed by atoms with E-state index in [0.29, 0.717) is 25.5 Å². The molecule has 76 valence electrons. The van der Waals surface area contributed by atoms with Gasteiger partial charge in [-0.3, -0.25) is 4.79 Å². The molecule has 0 aliphatic heterocycles. The van der Waals surface area contributed by atoms with E-state index in [2.05, 4.69) is 5.32 Å². The van der Waals surface area contributed by atoms with Gasteiger partial charge in [-0.15, -0.1) is 11.6 Å². The summed E-state index contributed by atoms with van der Waals surface area (Å²) in [6.07, 6.45) is 3.07. The van der Waals surface area contributed by atoms with Crippen LogP contribution in [0.15, 0.2) is 0 Å². The second-order valence-electron chi connectivity index (χ2n) is 3.50. The van der Waals surface area contributed by atoms with Crippen LogP contribution in [0.5, 0.6) is 0 Å². The molecular weight excluding hydrogens is 190 g/mol. The average Bonchev–Trinajstić information content (AvgIpc) is 2.85. The molecule has 1 rings (SSSR count). The molecule has 0 aromatic rings. The maximum Gasteiger partial charge on any atom is 0.220 e. The molecule has 1 amide bonds. The van der Waals surface area contributed by atoms with Gasteiger partial charge in [0.15, 0.2) is 0 Å². The number of hydrogen-bond acceptors (Lipinski definition) is 2. The first-order valence-electron chi connectivity index (χ1n) is 4.62. The lowest BCUT2D eigenvalue weighted by atomic mass is 10.3.